The summed E-state index contributed by atoms with van der Waals surface area (Å²) in [5.41, 5.74) is 4.87. The second kappa shape index (κ2) is 4.84. The summed E-state index contributed by atoms with van der Waals surface area (Å²) in [5.74, 6) is 0. The van der Waals surface area contributed by atoms with Crippen LogP contribution < -0.4 is 5.48 Å². The molecule has 0 fully saturated rings. The van der Waals surface area contributed by atoms with Gasteiger partial charge < -0.3 is 5.11 Å². The van der Waals surface area contributed by atoms with E-state index in [9.17, 15) is 0 Å². The third kappa shape index (κ3) is 3.44. The second-order valence-corrected chi connectivity index (χ2v) is 3.08. The summed E-state index contributed by atoms with van der Waals surface area (Å²) in [6.07, 6.45) is -0.193. The lowest BCUT2D eigenvalue weighted by Gasteiger charge is -2.11. The maximum absolute atomic E-state index is 8.69. The Kier molecular flexibility index (Phi) is 3.73. The topological polar surface area (TPSA) is 41.5 Å². The second-order valence-electron chi connectivity index (χ2n) is 3.08. The average Bonchev–Trinajstić information content (AvgIpc) is 2.16. The van der Waals surface area contributed by atoms with Gasteiger partial charge in [0.1, 0.15) is 6.10 Å². The van der Waals surface area contributed by atoms with Crippen molar-refractivity contribution in [1.29, 1.82) is 0 Å². The number of hydrogen-bond donors (Lipinski definition) is 2. The van der Waals surface area contributed by atoms with Crippen molar-refractivity contribution in [2.75, 3.05) is 12.1 Å². The predicted molar refractivity (Wildman–Crippen MR) is 52.4 cm³/mol. The highest BCUT2D eigenvalue weighted by Crippen LogP contribution is 2.08. The van der Waals surface area contributed by atoms with E-state index in [1.807, 2.05) is 31.2 Å². The summed E-state index contributed by atoms with van der Waals surface area (Å²) in [4.78, 5) is 5.12. The average molecular weight is 181 g/mol. The van der Waals surface area contributed by atoms with Gasteiger partial charge in [-0.05, 0) is 26.0 Å². The van der Waals surface area contributed by atoms with Crippen LogP contribution in [0.3, 0.4) is 0 Å². The quantitative estimate of drug-likeness (QED) is 0.695. The molecule has 0 aliphatic rings. The zero-order chi connectivity index (χ0) is 9.68. The fourth-order valence-electron chi connectivity index (χ4n) is 0.828. The van der Waals surface area contributed by atoms with Crippen LogP contribution in [-0.2, 0) is 4.84 Å². The van der Waals surface area contributed by atoms with E-state index in [-0.39, 0.29) is 12.7 Å². The van der Waals surface area contributed by atoms with Crippen molar-refractivity contribution in [2.24, 2.45) is 0 Å². The Labute approximate surface area is 78.3 Å². The number of rotatable bonds is 4. The molecule has 0 radical (unpaired) electrons. The minimum atomic E-state index is -0.193. The molecule has 0 bridgehead atoms. The van der Waals surface area contributed by atoms with Gasteiger partial charge in [-0.2, -0.15) is 0 Å². The number of hydrogen-bond acceptors (Lipinski definition) is 3. The highest BCUT2D eigenvalue weighted by molar-refractivity contribution is 5.42. The van der Waals surface area contributed by atoms with Gasteiger partial charge in [-0.25, -0.2) is 0 Å². The van der Waals surface area contributed by atoms with Gasteiger partial charge in [0.15, 0.2) is 0 Å². The first-order valence-electron chi connectivity index (χ1n) is 4.31. The van der Waals surface area contributed by atoms with Gasteiger partial charge >= 0.3 is 0 Å². The van der Waals surface area contributed by atoms with Crippen molar-refractivity contribution in [3.8, 4) is 0 Å². The third-order valence-corrected chi connectivity index (χ3v) is 1.69. The number of aryl methyl sites for hydroxylation is 1. The van der Waals surface area contributed by atoms with Gasteiger partial charge in [-0.15, -0.1) is 0 Å². The fraction of sp³-hybridized carbons (Fsp3) is 0.400. The molecule has 1 aromatic rings. The van der Waals surface area contributed by atoms with Crippen LogP contribution in [0.25, 0.3) is 0 Å². The lowest BCUT2D eigenvalue weighted by molar-refractivity contribution is 0.0603. The predicted octanol–water partition coefficient (Wildman–Crippen LogP) is 1.72. The highest BCUT2D eigenvalue weighted by Gasteiger charge is 1.98. The summed E-state index contributed by atoms with van der Waals surface area (Å²) in [5, 5.41) is 8.69. The van der Waals surface area contributed by atoms with Crippen molar-refractivity contribution in [3.05, 3.63) is 29.8 Å². The van der Waals surface area contributed by atoms with Crippen LogP contribution in [0.1, 0.15) is 12.5 Å². The van der Waals surface area contributed by atoms with Crippen LogP contribution >= 0.6 is 0 Å². The van der Waals surface area contributed by atoms with E-state index >= 15 is 0 Å². The molecule has 13 heavy (non-hydrogen) atoms. The Morgan fingerprint density at radius 2 is 2.00 bits per heavy atom. The summed E-state index contributed by atoms with van der Waals surface area (Å²) in [6, 6.07) is 7.85. The Bertz CT molecular complexity index is 246. The lowest BCUT2D eigenvalue weighted by Crippen LogP contribution is -2.16. The molecule has 0 amide bonds. The van der Waals surface area contributed by atoms with Gasteiger partial charge in [0.25, 0.3) is 0 Å². The van der Waals surface area contributed by atoms with E-state index in [0.717, 1.165) is 5.69 Å². The molecule has 0 aliphatic heterocycles. The van der Waals surface area contributed by atoms with Crippen LogP contribution in [0.4, 0.5) is 5.69 Å². The molecule has 1 aromatic carbocycles. The molecule has 0 saturated heterocycles. The molecule has 0 unspecified atom stereocenters. The molecule has 1 atom stereocenters. The van der Waals surface area contributed by atoms with E-state index in [1.165, 1.54) is 5.56 Å². The normalized spacial score (nSPS) is 12.5. The van der Waals surface area contributed by atoms with Gasteiger partial charge in [-0.1, -0.05) is 17.7 Å². The maximum Gasteiger partial charge on any atom is 0.106 e. The molecule has 0 aliphatic carbocycles. The van der Waals surface area contributed by atoms with Crippen LogP contribution in [0.2, 0.25) is 0 Å². The molecule has 3 nitrogen and oxygen atoms in total. The molecule has 0 aromatic heterocycles. The van der Waals surface area contributed by atoms with Crippen molar-refractivity contribution < 1.29 is 9.94 Å². The van der Waals surface area contributed by atoms with Crippen molar-refractivity contribution in [1.82, 2.24) is 0 Å². The van der Waals surface area contributed by atoms with E-state index < -0.39 is 0 Å². The van der Waals surface area contributed by atoms with Gasteiger partial charge in [0, 0.05) is 0 Å². The molecular formula is C10H15NO2. The Morgan fingerprint density at radius 3 is 2.54 bits per heavy atom. The first-order valence-corrected chi connectivity index (χ1v) is 4.31. The van der Waals surface area contributed by atoms with Crippen molar-refractivity contribution >= 4 is 5.69 Å². The first-order chi connectivity index (χ1) is 6.22. The molecule has 0 heterocycles. The van der Waals surface area contributed by atoms with Crippen molar-refractivity contribution in [3.63, 3.8) is 0 Å². The minimum absolute atomic E-state index is 0.0128. The van der Waals surface area contributed by atoms with Gasteiger partial charge in [0.05, 0.1) is 12.3 Å². The number of anilines is 1. The smallest absolute Gasteiger partial charge is 0.106 e. The Balaban J connectivity index is 2.41. The van der Waals surface area contributed by atoms with Crippen LogP contribution in [-0.4, -0.2) is 17.8 Å². The van der Waals surface area contributed by atoms with Crippen LogP contribution in [0.5, 0.6) is 0 Å². The SMILES string of the molecule is Cc1ccc(NO[C@H](C)CO)cc1. The number of aliphatic hydroxyl groups is 1. The van der Waals surface area contributed by atoms with Crippen LogP contribution in [0, 0.1) is 6.92 Å². The van der Waals surface area contributed by atoms with E-state index in [2.05, 4.69) is 5.48 Å². The number of aliphatic hydroxyl groups excluding tert-OH is 1. The van der Waals surface area contributed by atoms with Crippen LogP contribution in [0.15, 0.2) is 24.3 Å². The molecule has 72 valence electrons. The van der Waals surface area contributed by atoms with E-state index in [0.29, 0.717) is 0 Å². The summed E-state index contributed by atoms with van der Waals surface area (Å²) >= 11 is 0. The number of benzene rings is 1. The summed E-state index contributed by atoms with van der Waals surface area (Å²) in [7, 11) is 0. The zero-order valence-corrected chi connectivity index (χ0v) is 7.95. The summed E-state index contributed by atoms with van der Waals surface area (Å²) < 4.78 is 0. The van der Waals surface area contributed by atoms with Gasteiger partial charge in [-0.3, -0.25) is 10.3 Å². The summed E-state index contributed by atoms with van der Waals surface area (Å²) in [6.45, 7) is 3.83. The van der Waals surface area contributed by atoms with Gasteiger partial charge in [0.2, 0.25) is 0 Å². The zero-order valence-electron chi connectivity index (χ0n) is 7.95. The highest BCUT2D eigenvalue weighted by atomic mass is 16.7. The Hall–Kier alpha value is -1.06. The third-order valence-electron chi connectivity index (χ3n) is 1.69. The molecule has 2 N–H and O–H groups in total. The standard InChI is InChI=1S/C10H15NO2/c1-8-3-5-10(6-4-8)11-13-9(2)7-12/h3-6,9,11-12H,7H2,1-2H3/t9-/m1/s1. The van der Waals surface area contributed by atoms with Crippen molar-refractivity contribution in [2.45, 2.75) is 20.0 Å². The molecule has 3 heteroatoms. The lowest BCUT2D eigenvalue weighted by atomic mass is 10.2. The monoisotopic (exact) mass is 181 g/mol. The molecule has 1 rings (SSSR count). The fourth-order valence-corrected chi connectivity index (χ4v) is 0.828. The number of nitrogens with one attached hydrogen (secondary N) is 1. The largest absolute Gasteiger partial charge is 0.394 e. The first kappa shape index (κ1) is 10.0. The maximum atomic E-state index is 8.69. The molecular weight excluding hydrogens is 166 g/mol. The van der Waals surface area contributed by atoms with E-state index in [1.54, 1.807) is 6.92 Å². The Morgan fingerprint density at radius 1 is 1.38 bits per heavy atom. The molecule has 0 spiro atoms. The van der Waals surface area contributed by atoms with E-state index in [4.69, 9.17) is 9.94 Å². The molecule has 0 saturated carbocycles. The minimum Gasteiger partial charge on any atom is -0.394 e.